The first-order valence-corrected chi connectivity index (χ1v) is 7.04. The largest absolute Gasteiger partial charge is 0.452 e. The number of amides is 1. The lowest BCUT2D eigenvalue weighted by Crippen LogP contribution is -2.35. The zero-order valence-electron chi connectivity index (χ0n) is 11.7. The quantitative estimate of drug-likeness (QED) is 0.669. The summed E-state index contributed by atoms with van der Waals surface area (Å²) in [4.78, 5) is 23.0. The predicted molar refractivity (Wildman–Crippen MR) is 76.8 cm³/mol. The van der Waals surface area contributed by atoms with Crippen LogP contribution in [0, 0.1) is 5.82 Å². The molecule has 1 fully saturated rings. The predicted octanol–water partition coefficient (Wildman–Crippen LogP) is 2.44. The van der Waals surface area contributed by atoms with Crippen LogP contribution in [0.4, 0.5) is 4.39 Å². The van der Waals surface area contributed by atoms with E-state index in [-0.39, 0.29) is 18.6 Å². The van der Waals surface area contributed by atoms with Crippen molar-refractivity contribution in [1.29, 1.82) is 0 Å². The minimum Gasteiger partial charge on any atom is -0.452 e. The lowest BCUT2D eigenvalue weighted by atomic mass is 10.2. The second kappa shape index (κ2) is 7.57. The normalized spacial score (nSPS) is 15.3. The number of rotatable bonds is 5. The van der Waals surface area contributed by atoms with E-state index in [0.717, 1.165) is 31.8 Å². The van der Waals surface area contributed by atoms with Gasteiger partial charge in [-0.25, -0.2) is 9.18 Å². The van der Waals surface area contributed by atoms with Crippen molar-refractivity contribution in [3.05, 3.63) is 41.7 Å². The smallest absolute Gasteiger partial charge is 0.331 e. The van der Waals surface area contributed by atoms with Crippen LogP contribution in [-0.4, -0.2) is 24.5 Å². The van der Waals surface area contributed by atoms with Gasteiger partial charge in [0, 0.05) is 17.7 Å². The molecule has 0 heterocycles. The Morgan fingerprint density at radius 1 is 1.29 bits per heavy atom. The Labute approximate surface area is 123 Å². The third kappa shape index (κ3) is 5.02. The van der Waals surface area contributed by atoms with E-state index in [2.05, 4.69) is 5.32 Å². The summed E-state index contributed by atoms with van der Waals surface area (Å²) in [6.45, 7) is -0.309. The molecular formula is C16H18FNO3. The molecule has 0 spiro atoms. The van der Waals surface area contributed by atoms with Gasteiger partial charge in [-0.15, -0.1) is 0 Å². The molecule has 1 aromatic rings. The van der Waals surface area contributed by atoms with Crippen molar-refractivity contribution < 1.29 is 18.7 Å². The Balaban J connectivity index is 1.74. The number of carbonyl (C=O) groups is 2. The molecule has 0 aliphatic heterocycles. The minimum atomic E-state index is -0.667. The molecule has 2 rings (SSSR count). The molecule has 5 heteroatoms. The number of hydrogen-bond donors (Lipinski definition) is 1. The molecule has 0 radical (unpaired) electrons. The highest BCUT2D eigenvalue weighted by Gasteiger charge is 2.17. The molecule has 0 atom stereocenters. The zero-order chi connectivity index (χ0) is 15.1. The molecule has 0 aromatic heterocycles. The van der Waals surface area contributed by atoms with Crippen molar-refractivity contribution >= 4 is 18.0 Å². The molecule has 1 saturated carbocycles. The van der Waals surface area contributed by atoms with Crippen molar-refractivity contribution in [1.82, 2.24) is 5.32 Å². The van der Waals surface area contributed by atoms with Crippen molar-refractivity contribution in [3.8, 4) is 0 Å². The van der Waals surface area contributed by atoms with Crippen molar-refractivity contribution in [3.63, 3.8) is 0 Å². The van der Waals surface area contributed by atoms with Gasteiger partial charge in [-0.2, -0.15) is 0 Å². The lowest BCUT2D eigenvalue weighted by Gasteiger charge is -2.11. The summed E-state index contributed by atoms with van der Waals surface area (Å²) in [6.07, 6.45) is 6.64. The van der Waals surface area contributed by atoms with Gasteiger partial charge in [-0.05, 0) is 25.0 Å². The van der Waals surface area contributed by atoms with Crippen LogP contribution in [0.25, 0.3) is 6.08 Å². The molecule has 0 unspecified atom stereocenters. The van der Waals surface area contributed by atoms with Gasteiger partial charge in [-0.1, -0.05) is 31.0 Å². The van der Waals surface area contributed by atoms with Crippen LogP contribution >= 0.6 is 0 Å². The molecule has 1 amide bonds. The van der Waals surface area contributed by atoms with E-state index >= 15 is 0 Å². The molecular weight excluding hydrogens is 273 g/mol. The van der Waals surface area contributed by atoms with E-state index in [4.69, 9.17) is 4.74 Å². The average Bonchev–Trinajstić information content (AvgIpc) is 2.97. The van der Waals surface area contributed by atoms with E-state index in [1.54, 1.807) is 18.2 Å². The minimum absolute atomic E-state index is 0.199. The van der Waals surface area contributed by atoms with Gasteiger partial charge in [0.25, 0.3) is 5.91 Å². The Morgan fingerprint density at radius 2 is 2.00 bits per heavy atom. The highest BCUT2D eigenvalue weighted by atomic mass is 19.1. The van der Waals surface area contributed by atoms with Gasteiger partial charge in [0.1, 0.15) is 5.82 Å². The third-order valence-electron chi connectivity index (χ3n) is 3.37. The molecule has 4 nitrogen and oxygen atoms in total. The Morgan fingerprint density at radius 3 is 2.71 bits per heavy atom. The van der Waals surface area contributed by atoms with E-state index in [0.29, 0.717) is 5.56 Å². The maximum atomic E-state index is 13.3. The second-order valence-corrected chi connectivity index (χ2v) is 5.01. The van der Waals surface area contributed by atoms with Crippen molar-refractivity contribution in [2.75, 3.05) is 6.61 Å². The first kappa shape index (κ1) is 15.2. The summed E-state index contributed by atoms with van der Waals surface area (Å²) < 4.78 is 18.1. The highest BCUT2D eigenvalue weighted by Crippen LogP contribution is 2.17. The molecule has 1 aromatic carbocycles. The molecule has 112 valence electrons. The van der Waals surface area contributed by atoms with E-state index in [1.165, 1.54) is 12.1 Å². The Hall–Kier alpha value is -2.17. The van der Waals surface area contributed by atoms with Crippen molar-refractivity contribution in [2.24, 2.45) is 0 Å². The van der Waals surface area contributed by atoms with Gasteiger partial charge in [0.2, 0.25) is 0 Å². The number of hydrogen-bond acceptors (Lipinski definition) is 3. The Bertz CT molecular complexity index is 536. The lowest BCUT2D eigenvalue weighted by molar-refractivity contribution is -0.144. The van der Waals surface area contributed by atoms with Crippen LogP contribution in [0.5, 0.6) is 0 Å². The van der Waals surface area contributed by atoms with Crippen LogP contribution in [0.1, 0.15) is 31.2 Å². The van der Waals surface area contributed by atoms with Crippen LogP contribution in [0.2, 0.25) is 0 Å². The van der Waals surface area contributed by atoms with Gasteiger partial charge in [-0.3, -0.25) is 4.79 Å². The number of ether oxygens (including phenoxy) is 1. The van der Waals surface area contributed by atoms with E-state index in [9.17, 15) is 14.0 Å². The standard InChI is InChI=1S/C16H18FNO3/c17-14-8-4-1-5-12(14)9-10-16(20)21-11-15(19)18-13-6-2-3-7-13/h1,4-5,8-10,13H,2-3,6-7,11H2,(H,18,19)/b10-9+. The topological polar surface area (TPSA) is 55.4 Å². The van der Waals surface area contributed by atoms with Crippen LogP contribution in [-0.2, 0) is 14.3 Å². The summed E-state index contributed by atoms with van der Waals surface area (Å²) in [5.74, 6) is -1.38. The van der Waals surface area contributed by atoms with Gasteiger partial charge in [0.05, 0.1) is 0 Å². The molecule has 0 bridgehead atoms. The summed E-state index contributed by atoms with van der Waals surface area (Å²) in [7, 11) is 0. The fourth-order valence-electron chi connectivity index (χ4n) is 2.29. The Kier molecular flexibility index (Phi) is 5.49. The molecule has 0 saturated heterocycles. The second-order valence-electron chi connectivity index (χ2n) is 5.01. The number of carbonyl (C=O) groups excluding carboxylic acids is 2. The maximum absolute atomic E-state index is 13.3. The first-order chi connectivity index (χ1) is 10.1. The summed E-state index contributed by atoms with van der Waals surface area (Å²) in [6, 6.07) is 6.29. The van der Waals surface area contributed by atoms with Crippen LogP contribution in [0.15, 0.2) is 30.3 Å². The van der Waals surface area contributed by atoms with E-state index < -0.39 is 11.8 Å². The monoisotopic (exact) mass is 291 g/mol. The SMILES string of the molecule is O=C(COC(=O)/C=C/c1ccccc1F)NC1CCCC1. The highest BCUT2D eigenvalue weighted by molar-refractivity contribution is 5.89. The average molecular weight is 291 g/mol. The summed E-state index contributed by atoms with van der Waals surface area (Å²) >= 11 is 0. The fourth-order valence-corrected chi connectivity index (χ4v) is 2.29. The van der Waals surface area contributed by atoms with Gasteiger partial charge >= 0.3 is 5.97 Å². The summed E-state index contributed by atoms with van der Waals surface area (Å²) in [5.41, 5.74) is 0.296. The van der Waals surface area contributed by atoms with Crippen LogP contribution < -0.4 is 5.32 Å². The molecule has 1 aliphatic carbocycles. The van der Waals surface area contributed by atoms with Crippen LogP contribution in [0.3, 0.4) is 0 Å². The first-order valence-electron chi connectivity index (χ1n) is 7.04. The van der Waals surface area contributed by atoms with Gasteiger partial charge < -0.3 is 10.1 Å². The number of nitrogens with one attached hydrogen (secondary N) is 1. The number of halogens is 1. The number of benzene rings is 1. The molecule has 21 heavy (non-hydrogen) atoms. The molecule has 1 N–H and O–H groups in total. The summed E-state index contributed by atoms with van der Waals surface area (Å²) in [5, 5.41) is 2.82. The zero-order valence-corrected chi connectivity index (χ0v) is 11.7. The molecule has 1 aliphatic rings. The number of esters is 1. The van der Waals surface area contributed by atoms with Crippen molar-refractivity contribution in [2.45, 2.75) is 31.7 Å². The third-order valence-corrected chi connectivity index (χ3v) is 3.37. The fraction of sp³-hybridized carbons (Fsp3) is 0.375. The maximum Gasteiger partial charge on any atom is 0.331 e. The van der Waals surface area contributed by atoms with Gasteiger partial charge in [0.15, 0.2) is 6.61 Å². The van der Waals surface area contributed by atoms with E-state index in [1.807, 2.05) is 0 Å².